The zero-order valence-corrected chi connectivity index (χ0v) is 18.9. The highest BCUT2D eigenvalue weighted by atomic mass is 35.5. The molecule has 3 N–H and O–H groups in total. The van der Waals surface area contributed by atoms with Gasteiger partial charge in [0.25, 0.3) is 5.56 Å². The van der Waals surface area contributed by atoms with E-state index in [2.05, 4.69) is 23.3 Å². The predicted molar refractivity (Wildman–Crippen MR) is 127 cm³/mol. The lowest BCUT2D eigenvalue weighted by atomic mass is 10.0. The van der Waals surface area contributed by atoms with Crippen LogP contribution in [0.4, 0.5) is 10.5 Å². The molecule has 0 spiro atoms. The number of carbonyl (C=O) groups excluding carboxylic acids is 1. The average molecular weight is 472 g/mol. The topological polar surface area (TPSA) is 100 Å². The van der Waals surface area contributed by atoms with Crippen molar-refractivity contribution in [3.8, 4) is 0 Å². The summed E-state index contributed by atoms with van der Waals surface area (Å²) in [5.74, 6) is -1.05. The lowest BCUT2D eigenvalue weighted by Gasteiger charge is -2.18. The van der Waals surface area contributed by atoms with Gasteiger partial charge in [0, 0.05) is 16.1 Å². The van der Waals surface area contributed by atoms with Gasteiger partial charge >= 0.3 is 12.0 Å². The molecular weight excluding hydrogens is 450 g/mol. The van der Waals surface area contributed by atoms with Gasteiger partial charge in [-0.25, -0.2) is 4.79 Å². The Balaban J connectivity index is 1.77. The van der Waals surface area contributed by atoms with Crippen molar-refractivity contribution in [3.63, 3.8) is 0 Å². The number of aryl methyl sites for hydroxylation is 1. The molecule has 0 fully saturated rings. The van der Waals surface area contributed by atoms with E-state index in [0.29, 0.717) is 15.5 Å². The van der Waals surface area contributed by atoms with Gasteiger partial charge in [0.05, 0.1) is 19.0 Å². The third kappa shape index (κ3) is 6.15. The average Bonchev–Trinajstić information content (AvgIpc) is 2.73. The number of aromatic nitrogens is 1. The summed E-state index contributed by atoms with van der Waals surface area (Å²) in [7, 11) is 0. The number of benzene rings is 2. The minimum atomic E-state index is -1.05. The van der Waals surface area contributed by atoms with Crippen molar-refractivity contribution in [1.29, 1.82) is 0 Å². The first kappa shape index (κ1) is 23.4. The number of pyridine rings is 1. The quantitative estimate of drug-likeness (QED) is 0.381. The van der Waals surface area contributed by atoms with Crippen LogP contribution in [0.25, 0.3) is 0 Å². The Kier molecular flexibility index (Phi) is 7.61. The maximum atomic E-state index is 12.8. The highest BCUT2D eigenvalue weighted by Gasteiger charge is 2.19. The summed E-state index contributed by atoms with van der Waals surface area (Å²) in [6.45, 7) is 2.14. The molecule has 1 heterocycles. The van der Waals surface area contributed by atoms with Crippen molar-refractivity contribution in [2.75, 3.05) is 5.32 Å². The number of aliphatic carboxylic acids is 1. The van der Waals surface area contributed by atoms with E-state index in [4.69, 9.17) is 11.6 Å². The van der Waals surface area contributed by atoms with Crippen molar-refractivity contribution in [1.82, 2.24) is 9.88 Å². The number of carbonyl (C=O) groups is 2. The molecule has 3 rings (SSSR count). The van der Waals surface area contributed by atoms with Crippen LogP contribution in [0.2, 0.25) is 5.02 Å². The van der Waals surface area contributed by atoms with E-state index in [9.17, 15) is 19.5 Å². The molecule has 0 saturated heterocycles. The monoisotopic (exact) mass is 471 g/mol. The van der Waals surface area contributed by atoms with Crippen LogP contribution in [-0.2, 0) is 11.3 Å². The fourth-order valence-electron chi connectivity index (χ4n) is 3.16. The molecule has 1 atom stereocenters. The number of nitrogens with one attached hydrogen (secondary N) is 2. The van der Waals surface area contributed by atoms with E-state index in [-0.39, 0.29) is 18.7 Å². The zero-order chi connectivity index (χ0) is 23.3. The summed E-state index contributed by atoms with van der Waals surface area (Å²) in [5, 5.41) is 14.9. The van der Waals surface area contributed by atoms with E-state index in [1.165, 1.54) is 10.6 Å². The molecule has 0 aliphatic carbocycles. The SMILES string of the molecule is Cc1ccc([C@H](CC(=O)O)NC(=O)Nc2cccn(Cc3cc(Cl)ccc3S)c2=O)cc1. The van der Waals surface area contributed by atoms with Crippen LogP contribution in [0, 0.1) is 6.92 Å². The molecule has 3 aromatic rings. The molecule has 0 aliphatic rings. The first-order valence-electron chi connectivity index (χ1n) is 9.75. The second-order valence-corrected chi connectivity index (χ2v) is 8.21. The Labute approximate surface area is 195 Å². The second kappa shape index (κ2) is 10.4. The van der Waals surface area contributed by atoms with Gasteiger partial charge in [0.15, 0.2) is 0 Å². The van der Waals surface area contributed by atoms with Crippen LogP contribution in [0.1, 0.15) is 29.2 Å². The summed E-state index contributed by atoms with van der Waals surface area (Å²) in [6.07, 6.45) is 1.30. The molecule has 2 aromatic carbocycles. The predicted octanol–water partition coefficient (Wildman–Crippen LogP) is 4.48. The molecule has 9 heteroatoms. The summed E-state index contributed by atoms with van der Waals surface area (Å²) in [5.41, 5.74) is 2.07. The molecule has 32 heavy (non-hydrogen) atoms. The van der Waals surface area contributed by atoms with Crippen LogP contribution in [0.3, 0.4) is 0 Å². The number of amides is 2. The minimum absolute atomic E-state index is 0.0609. The fraction of sp³-hybridized carbons (Fsp3) is 0.174. The number of carboxylic acid groups (broad SMARTS) is 1. The van der Waals surface area contributed by atoms with Gasteiger partial charge in [0.1, 0.15) is 5.69 Å². The van der Waals surface area contributed by atoms with E-state index in [1.54, 1.807) is 42.6 Å². The number of rotatable bonds is 7. The largest absolute Gasteiger partial charge is 0.481 e. The van der Waals surface area contributed by atoms with Gasteiger partial charge in [-0.15, -0.1) is 12.6 Å². The molecule has 166 valence electrons. The van der Waals surface area contributed by atoms with E-state index in [0.717, 1.165) is 11.1 Å². The second-order valence-electron chi connectivity index (χ2n) is 7.29. The summed E-state index contributed by atoms with van der Waals surface area (Å²) in [6, 6.07) is 14.1. The molecule has 0 aliphatic heterocycles. The van der Waals surface area contributed by atoms with Crippen molar-refractivity contribution in [2.24, 2.45) is 0 Å². The normalized spacial score (nSPS) is 11.6. The fourth-order valence-corrected chi connectivity index (χ4v) is 3.57. The van der Waals surface area contributed by atoms with Gasteiger partial charge in [-0.05, 0) is 48.4 Å². The summed E-state index contributed by atoms with van der Waals surface area (Å²) < 4.78 is 1.43. The molecular formula is C23H22ClN3O4S. The van der Waals surface area contributed by atoms with Crippen LogP contribution < -0.4 is 16.2 Å². The van der Waals surface area contributed by atoms with Crippen molar-refractivity contribution < 1.29 is 14.7 Å². The molecule has 2 amide bonds. The number of halogens is 1. The van der Waals surface area contributed by atoms with Crippen molar-refractivity contribution >= 4 is 41.9 Å². The maximum Gasteiger partial charge on any atom is 0.319 e. The van der Waals surface area contributed by atoms with E-state index >= 15 is 0 Å². The summed E-state index contributed by atoms with van der Waals surface area (Å²) >= 11 is 10.4. The first-order chi connectivity index (χ1) is 15.2. The Bertz CT molecular complexity index is 1190. The number of nitrogens with zero attached hydrogens (tertiary/aromatic N) is 1. The van der Waals surface area contributed by atoms with Gasteiger partial charge in [0.2, 0.25) is 0 Å². The Morgan fingerprint density at radius 2 is 1.88 bits per heavy atom. The Morgan fingerprint density at radius 1 is 1.16 bits per heavy atom. The number of carboxylic acids is 1. The highest BCUT2D eigenvalue weighted by Crippen LogP contribution is 2.20. The summed E-state index contributed by atoms with van der Waals surface area (Å²) in [4.78, 5) is 37.4. The van der Waals surface area contributed by atoms with Crippen molar-refractivity contribution in [2.45, 2.75) is 30.8 Å². The standard InChI is InChI=1S/C23H22ClN3O4S/c1-14-4-6-15(7-5-14)19(12-21(28)29)26-23(31)25-18-3-2-10-27(22(18)30)13-16-11-17(24)8-9-20(16)32/h2-11,19,32H,12-13H2,1H3,(H,28,29)(H2,25,26,31)/t19-/m0/s1. The minimum Gasteiger partial charge on any atom is -0.481 e. The third-order valence-electron chi connectivity index (χ3n) is 4.81. The number of hydrogen-bond donors (Lipinski definition) is 4. The smallest absolute Gasteiger partial charge is 0.319 e. The van der Waals surface area contributed by atoms with E-state index < -0.39 is 23.6 Å². The Hall–Kier alpha value is -3.23. The number of hydrogen-bond acceptors (Lipinski definition) is 4. The van der Waals surface area contributed by atoms with Crippen LogP contribution in [0.15, 0.2) is 70.5 Å². The van der Waals surface area contributed by atoms with Crippen LogP contribution in [-0.4, -0.2) is 21.7 Å². The molecule has 0 bridgehead atoms. The third-order valence-corrected chi connectivity index (χ3v) is 5.49. The zero-order valence-electron chi connectivity index (χ0n) is 17.2. The Morgan fingerprint density at radius 3 is 2.56 bits per heavy atom. The van der Waals surface area contributed by atoms with E-state index in [1.807, 2.05) is 19.1 Å². The van der Waals surface area contributed by atoms with Crippen molar-refractivity contribution in [3.05, 3.63) is 92.9 Å². The van der Waals surface area contributed by atoms with Crippen LogP contribution >= 0.6 is 24.2 Å². The van der Waals surface area contributed by atoms with Gasteiger partial charge in [-0.1, -0.05) is 41.4 Å². The molecule has 0 radical (unpaired) electrons. The molecule has 7 nitrogen and oxygen atoms in total. The maximum absolute atomic E-state index is 12.8. The molecule has 0 unspecified atom stereocenters. The number of anilines is 1. The van der Waals surface area contributed by atoms with Gasteiger partial charge < -0.3 is 20.3 Å². The van der Waals surface area contributed by atoms with Gasteiger partial charge in [-0.3, -0.25) is 9.59 Å². The number of thiol groups is 1. The molecule has 1 aromatic heterocycles. The molecule has 0 saturated carbocycles. The van der Waals surface area contributed by atoms with Crippen LogP contribution in [0.5, 0.6) is 0 Å². The van der Waals surface area contributed by atoms with Gasteiger partial charge in [-0.2, -0.15) is 0 Å². The lowest BCUT2D eigenvalue weighted by molar-refractivity contribution is -0.137. The lowest BCUT2D eigenvalue weighted by Crippen LogP contribution is -2.36. The number of urea groups is 1. The highest BCUT2D eigenvalue weighted by molar-refractivity contribution is 7.80. The first-order valence-corrected chi connectivity index (χ1v) is 10.6.